The van der Waals surface area contributed by atoms with E-state index in [0.717, 1.165) is 0 Å². The molecular formula is C23H19FN2O2. The molecule has 0 unspecified atom stereocenters. The summed E-state index contributed by atoms with van der Waals surface area (Å²) in [6, 6.07) is 21.9. The Labute approximate surface area is 162 Å². The lowest BCUT2D eigenvalue weighted by Crippen LogP contribution is -2.10. The van der Waals surface area contributed by atoms with Crippen LogP contribution in [0.15, 0.2) is 84.9 Å². The number of benzene rings is 3. The zero-order valence-corrected chi connectivity index (χ0v) is 15.3. The number of allylic oxidation sites excluding steroid dienone is 1. The highest BCUT2D eigenvalue weighted by molar-refractivity contribution is 6.10. The van der Waals surface area contributed by atoms with Gasteiger partial charge in [0.2, 0.25) is 5.91 Å². The van der Waals surface area contributed by atoms with E-state index in [0.29, 0.717) is 28.2 Å². The molecule has 1 amide bonds. The topological polar surface area (TPSA) is 58.2 Å². The average molecular weight is 374 g/mol. The van der Waals surface area contributed by atoms with Gasteiger partial charge in [-0.05, 0) is 42.0 Å². The summed E-state index contributed by atoms with van der Waals surface area (Å²) in [5.41, 5.74) is 2.87. The first-order valence-corrected chi connectivity index (χ1v) is 8.73. The second-order valence-corrected chi connectivity index (χ2v) is 6.15. The molecule has 0 saturated carbocycles. The van der Waals surface area contributed by atoms with Gasteiger partial charge >= 0.3 is 0 Å². The number of hydrogen-bond acceptors (Lipinski definition) is 3. The monoisotopic (exact) mass is 374 g/mol. The molecule has 0 atom stereocenters. The summed E-state index contributed by atoms with van der Waals surface area (Å²) in [6.45, 7) is 1.42. The maximum Gasteiger partial charge on any atom is 0.221 e. The van der Waals surface area contributed by atoms with Crippen LogP contribution in [0.2, 0.25) is 0 Å². The molecular weight excluding hydrogens is 355 g/mol. The second-order valence-electron chi connectivity index (χ2n) is 6.15. The van der Waals surface area contributed by atoms with E-state index in [1.807, 2.05) is 12.1 Å². The maximum absolute atomic E-state index is 13.4. The summed E-state index contributed by atoms with van der Waals surface area (Å²) < 4.78 is 13.4. The molecule has 0 bridgehead atoms. The third-order valence-corrected chi connectivity index (χ3v) is 4.00. The van der Waals surface area contributed by atoms with E-state index in [9.17, 15) is 14.0 Å². The minimum atomic E-state index is -0.365. The second kappa shape index (κ2) is 8.77. The van der Waals surface area contributed by atoms with Gasteiger partial charge in [0, 0.05) is 24.3 Å². The number of carbonyl (C=O) groups excluding carboxylic acids is 2. The van der Waals surface area contributed by atoms with Gasteiger partial charge in [-0.2, -0.15) is 0 Å². The van der Waals surface area contributed by atoms with Crippen molar-refractivity contribution in [1.82, 2.24) is 0 Å². The molecule has 3 rings (SSSR count). The lowest BCUT2D eigenvalue weighted by molar-refractivity contribution is -0.114. The van der Waals surface area contributed by atoms with Crippen LogP contribution in [0.4, 0.5) is 15.8 Å². The summed E-state index contributed by atoms with van der Waals surface area (Å²) in [7, 11) is 0. The summed E-state index contributed by atoms with van der Waals surface area (Å²) >= 11 is 0. The zero-order chi connectivity index (χ0) is 19.9. The third kappa shape index (κ3) is 4.92. The van der Waals surface area contributed by atoms with Crippen LogP contribution in [0.1, 0.15) is 22.8 Å². The molecule has 2 N–H and O–H groups in total. The van der Waals surface area contributed by atoms with E-state index in [1.54, 1.807) is 54.6 Å². The Morgan fingerprint density at radius 3 is 1.93 bits per heavy atom. The molecule has 0 heterocycles. The highest BCUT2D eigenvalue weighted by Gasteiger charge is 2.11. The van der Waals surface area contributed by atoms with Gasteiger partial charge in [0.25, 0.3) is 0 Å². The van der Waals surface area contributed by atoms with Crippen molar-refractivity contribution in [2.24, 2.45) is 0 Å². The molecule has 0 fully saturated rings. The number of rotatable bonds is 6. The first-order valence-electron chi connectivity index (χ1n) is 8.73. The number of para-hydroxylation sites is 2. The summed E-state index contributed by atoms with van der Waals surface area (Å²) in [6.07, 6.45) is 1.47. The Hall–Kier alpha value is -3.73. The molecule has 28 heavy (non-hydrogen) atoms. The molecule has 0 saturated heterocycles. The fourth-order valence-corrected chi connectivity index (χ4v) is 2.67. The smallest absolute Gasteiger partial charge is 0.221 e. The molecule has 5 heteroatoms. The quantitative estimate of drug-likeness (QED) is 0.465. The lowest BCUT2D eigenvalue weighted by Gasteiger charge is -2.15. The SMILES string of the molecule is CC(=O)Nc1ccccc1NC(=CC(=O)c1ccccc1)c1ccc(F)cc1. The van der Waals surface area contributed by atoms with E-state index in [1.165, 1.54) is 25.1 Å². The van der Waals surface area contributed by atoms with Crippen LogP contribution in [0.5, 0.6) is 0 Å². The molecule has 0 radical (unpaired) electrons. The molecule has 0 aromatic heterocycles. The molecule has 0 aliphatic heterocycles. The number of amides is 1. The third-order valence-electron chi connectivity index (χ3n) is 4.00. The minimum Gasteiger partial charge on any atom is -0.353 e. The molecule has 3 aromatic rings. The van der Waals surface area contributed by atoms with Gasteiger partial charge in [-0.1, -0.05) is 42.5 Å². The molecule has 3 aromatic carbocycles. The Morgan fingerprint density at radius 1 is 0.750 bits per heavy atom. The molecule has 140 valence electrons. The first-order chi connectivity index (χ1) is 13.5. The Balaban J connectivity index is 2.00. The molecule has 4 nitrogen and oxygen atoms in total. The summed E-state index contributed by atoms with van der Waals surface area (Å²) in [5, 5.41) is 5.94. The minimum absolute atomic E-state index is 0.190. The highest BCUT2D eigenvalue weighted by atomic mass is 19.1. The van der Waals surface area contributed by atoms with E-state index in [4.69, 9.17) is 0 Å². The van der Waals surface area contributed by atoms with Crippen LogP contribution in [-0.4, -0.2) is 11.7 Å². The van der Waals surface area contributed by atoms with Crippen LogP contribution < -0.4 is 10.6 Å². The Kier molecular flexibility index (Phi) is 5.97. The van der Waals surface area contributed by atoms with Crippen molar-refractivity contribution in [2.45, 2.75) is 6.92 Å². The van der Waals surface area contributed by atoms with Crippen molar-refractivity contribution in [1.29, 1.82) is 0 Å². The van der Waals surface area contributed by atoms with Crippen molar-refractivity contribution in [3.8, 4) is 0 Å². The van der Waals surface area contributed by atoms with Gasteiger partial charge in [0.05, 0.1) is 11.4 Å². The van der Waals surface area contributed by atoms with E-state index < -0.39 is 0 Å². The molecule has 0 spiro atoms. The predicted octanol–water partition coefficient (Wildman–Crippen LogP) is 5.12. The standard InChI is InChI=1S/C23H19FN2O2/c1-16(27)25-20-9-5-6-10-21(20)26-22(17-11-13-19(24)14-12-17)15-23(28)18-7-3-2-4-8-18/h2-15,26H,1H3,(H,25,27). The Morgan fingerprint density at radius 2 is 1.32 bits per heavy atom. The first kappa shape index (κ1) is 19.0. The van der Waals surface area contributed by atoms with E-state index in [-0.39, 0.29) is 17.5 Å². The summed E-state index contributed by atoms with van der Waals surface area (Å²) in [4.78, 5) is 24.2. The highest BCUT2D eigenvalue weighted by Crippen LogP contribution is 2.26. The fourth-order valence-electron chi connectivity index (χ4n) is 2.67. The van der Waals surface area contributed by atoms with Gasteiger partial charge in [0.1, 0.15) is 5.82 Å². The van der Waals surface area contributed by atoms with Crippen molar-refractivity contribution in [3.05, 3.63) is 102 Å². The Bertz CT molecular complexity index is 1010. The van der Waals surface area contributed by atoms with Crippen molar-refractivity contribution in [3.63, 3.8) is 0 Å². The fraction of sp³-hybridized carbons (Fsp3) is 0.0435. The number of anilines is 2. The number of nitrogens with one attached hydrogen (secondary N) is 2. The van der Waals surface area contributed by atoms with Gasteiger partial charge < -0.3 is 10.6 Å². The summed E-state index contributed by atoms with van der Waals surface area (Å²) in [5.74, 6) is -0.762. The van der Waals surface area contributed by atoms with E-state index >= 15 is 0 Å². The lowest BCUT2D eigenvalue weighted by atomic mass is 10.1. The number of hydrogen-bond donors (Lipinski definition) is 2. The van der Waals surface area contributed by atoms with E-state index in [2.05, 4.69) is 10.6 Å². The van der Waals surface area contributed by atoms with Gasteiger partial charge in [-0.3, -0.25) is 9.59 Å². The van der Waals surface area contributed by atoms with Crippen LogP contribution in [0, 0.1) is 5.82 Å². The molecule has 0 aliphatic rings. The average Bonchev–Trinajstić information content (AvgIpc) is 2.70. The molecule has 0 aliphatic carbocycles. The zero-order valence-electron chi connectivity index (χ0n) is 15.3. The van der Waals surface area contributed by atoms with Gasteiger partial charge in [0.15, 0.2) is 5.78 Å². The van der Waals surface area contributed by atoms with Crippen LogP contribution in [-0.2, 0) is 4.79 Å². The van der Waals surface area contributed by atoms with Crippen molar-refractivity contribution < 1.29 is 14.0 Å². The van der Waals surface area contributed by atoms with Crippen molar-refractivity contribution in [2.75, 3.05) is 10.6 Å². The predicted molar refractivity (Wildman–Crippen MR) is 110 cm³/mol. The normalized spacial score (nSPS) is 11.0. The number of halogens is 1. The van der Waals surface area contributed by atoms with Gasteiger partial charge in [-0.15, -0.1) is 0 Å². The number of ketones is 1. The van der Waals surface area contributed by atoms with Crippen LogP contribution in [0.25, 0.3) is 5.70 Å². The van der Waals surface area contributed by atoms with Crippen LogP contribution in [0.3, 0.4) is 0 Å². The number of carbonyl (C=O) groups is 2. The van der Waals surface area contributed by atoms with Crippen LogP contribution >= 0.6 is 0 Å². The van der Waals surface area contributed by atoms with Crippen molar-refractivity contribution >= 4 is 28.8 Å². The van der Waals surface area contributed by atoms with Gasteiger partial charge in [-0.25, -0.2) is 4.39 Å². The largest absolute Gasteiger partial charge is 0.353 e. The maximum atomic E-state index is 13.4.